The summed E-state index contributed by atoms with van der Waals surface area (Å²) in [6.45, 7) is 10.1. The van der Waals surface area contributed by atoms with Crippen LogP contribution in [0.3, 0.4) is 0 Å². The average molecular weight is 528 g/mol. The highest BCUT2D eigenvalue weighted by Gasteiger charge is 2.43. The van der Waals surface area contributed by atoms with E-state index in [1.807, 2.05) is 69.3 Å². The number of para-hydroxylation sites is 1. The van der Waals surface area contributed by atoms with Crippen LogP contribution in [0.1, 0.15) is 33.3 Å². The van der Waals surface area contributed by atoms with Crippen LogP contribution in [0.15, 0.2) is 72.3 Å². The van der Waals surface area contributed by atoms with Gasteiger partial charge in [-0.25, -0.2) is 0 Å². The fraction of sp³-hybridized carbons (Fsp3) is 0.267. The lowest BCUT2D eigenvalue weighted by Gasteiger charge is -2.28. The van der Waals surface area contributed by atoms with E-state index < -0.39 is 14.7 Å². The number of carbonyl (C=O) groups excluding carboxylic acids is 1. The van der Waals surface area contributed by atoms with Gasteiger partial charge in [-0.1, -0.05) is 36.4 Å². The summed E-state index contributed by atoms with van der Waals surface area (Å²) in [4.78, 5) is 13.0. The fourth-order valence-electron chi connectivity index (χ4n) is 4.72. The third-order valence-corrected chi connectivity index (χ3v) is 9.33. The van der Waals surface area contributed by atoms with Crippen molar-refractivity contribution in [3.8, 4) is 6.07 Å². The second kappa shape index (κ2) is 12.2. The number of amides is 1. The molecule has 0 saturated carbocycles. The Kier molecular flexibility index (Phi) is 8.76. The molecule has 0 aliphatic rings. The molecule has 0 aliphatic carbocycles. The van der Waals surface area contributed by atoms with Crippen molar-refractivity contribution in [3.05, 3.63) is 77.9 Å². The van der Waals surface area contributed by atoms with Gasteiger partial charge in [0.05, 0.1) is 0 Å². The van der Waals surface area contributed by atoms with E-state index in [0.717, 1.165) is 39.1 Å². The summed E-state index contributed by atoms with van der Waals surface area (Å²) < 4.78 is 20.1. The SMILES string of the molecule is CCO[Si](OCC)(OCC)c1ccc(NC(=O)/C(C#N)=C/c2ccc3c(c2)c2ccccc2n3CC)cc1. The number of nitriles is 1. The molecule has 0 radical (unpaired) electrons. The molecule has 196 valence electrons. The van der Waals surface area contributed by atoms with Gasteiger partial charge in [0.2, 0.25) is 0 Å². The number of nitrogens with zero attached hydrogens (tertiary/aromatic N) is 2. The van der Waals surface area contributed by atoms with E-state index in [2.05, 4.69) is 28.9 Å². The van der Waals surface area contributed by atoms with Gasteiger partial charge in [-0.15, -0.1) is 0 Å². The molecule has 4 rings (SSSR count). The van der Waals surface area contributed by atoms with Gasteiger partial charge in [0.15, 0.2) is 0 Å². The molecule has 0 bridgehead atoms. The minimum Gasteiger partial charge on any atom is -0.370 e. The molecule has 1 amide bonds. The lowest BCUT2D eigenvalue weighted by Crippen LogP contribution is -2.56. The molecule has 1 N–H and O–H groups in total. The van der Waals surface area contributed by atoms with Crippen LogP contribution < -0.4 is 10.5 Å². The number of benzene rings is 3. The third kappa shape index (κ3) is 5.42. The van der Waals surface area contributed by atoms with E-state index in [0.29, 0.717) is 25.5 Å². The molecule has 1 heterocycles. The van der Waals surface area contributed by atoms with Crippen LogP contribution in [0.25, 0.3) is 27.9 Å². The van der Waals surface area contributed by atoms with Crippen molar-refractivity contribution in [2.75, 3.05) is 25.1 Å². The van der Waals surface area contributed by atoms with Crippen molar-refractivity contribution in [1.82, 2.24) is 4.57 Å². The predicted molar refractivity (Wildman–Crippen MR) is 154 cm³/mol. The molecule has 8 heteroatoms. The Balaban J connectivity index is 1.59. The Morgan fingerprint density at radius 3 is 2.13 bits per heavy atom. The minimum atomic E-state index is -3.04. The quantitative estimate of drug-likeness (QED) is 0.156. The zero-order chi connectivity index (χ0) is 27.1. The first-order chi connectivity index (χ1) is 18.5. The van der Waals surface area contributed by atoms with Crippen molar-refractivity contribution in [1.29, 1.82) is 5.26 Å². The van der Waals surface area contributed by atoms with Gasteiger partial charge in [0, 0.05) is 59.0 Å². The molecule has 0 aliphatic heterocycles. The van der Waals surface area contributed by atoms with E-state index in [4.69, 9.17) is 13.3 Å². The summed E-state index contributed by atoms with van der Waals surface area (Å²) in [5.74, 6) is -0.473. The number of nitrogens with one attached hydrogen (secondary N) is 1. The first-order valence-electron chi connectivity index (χ1n) is 13.0. The van der Waals surface area contributed by atoms with E-state index >= 15 is 0 Å². The molecular weight excluding hydrogens is 494 g/mol. The summed E-state index contributed by atoms with van der Waals surface area (Å²) >= 11 is 0. The van der Waals surface area contributed by atoms with E-state index in [-0.39, 0.29) is 5.57 Å². The molecular formula is C30H33N3O4Si. The minimum absolute atomic E-state index is 0.0225. The summed E-state index contributed by atoms with van der Waals surface area (Å²) in [5.41, 5.74) is 3.67. The van der Waals surface area contributed by atoms with Crippen molar-refractivity contribution in [3.63, 3.8) is 0 Å². The van der Waals surface area contributed by atoms with Crippen molar-refractivity contribution >= 4 is 53.5 Å². The highest BCUT2D eigenvalue weighted by atomic mass is 28.4. The van der Waals surface area contributed by atoms with Gasteiger partial charge in [-0.05, 0) is 69.7 Å². The number of hydrogen-bond donors (Lipinski definition) is 1. The molecule has 0 fully saturated rings. The number of hydrogen-bond acceptors (Lipinski definition) is 5. The maximum atomic E-state index is 13.0. The number of fused-ring (bicyclic) bond motifs is 3. The van der Waals surface area contributed by atoms with Gasteiger partial charge >= 0.3 is 8.80 Å². The number of anilines is 1. The van der Waals surface area contributed by atoms with Gasteiger partial charge in [0.25, 0.3) is 5.91 Å². The van der Waals surface area contributed by atoms with Crippen LogP contribution in [-0.4, -0.2) is 39.1 Å². The first-order valence-corrected chi connectivity index (χ1v) is 14.7. The van der Waals surface area contributed by atoms with Crippen molar-refractivity contribution in [2.24, 2.45) is 0 Å². The van der Waals surface area contributed by atoms with Crippen LogP contribution in [0, 0.1) is 11.3 Å². The lowest BCUT2D eigenvalue weighted by atomic mass is 10.1. The van der Waals surface area contributed by atoms with E-state index in [9.17, 15) is 10.1 Å². The maximum absolute atomic E-state index is 13.0. The molecule has 7 nitrogen and oxygen atoms in total. The fourth-order valence-corrected chi connectivity index (χ4v) is 7.18. The van der Waals surface area contributed by atoms with E-state index in [1.165, 1.54) is 0 Å². The zero-order valence-electron chi connectivity index (χ0n) is 22.3. The number of aryl methyl sites for hydroxylation is 1. The van der Waals surface area contributed by atoms with Crippen LogP contribution >= 0.6 is 0 Å². The first kappa shape index (κ1) is 27.3. The molecule has 3 aromatic carbocycles. The standard InChI is InChI=1S/C30H33N3O4Si/c1-5-33-28-12-10-9-11-26(28)27-20-22(13-18-29(27)33)19-23(21-31)30(34)32-24-14-16-25(17-15-24)38(35-6-2,36-7-3)37-8-4/h9-20H,5-8H2,1-4H3,(H,32,34)/b23-19+. The maximum Gasteiger partial charge on any atom is 0.537 e. The normalized spacial score (nSPS) is 12.1. The molecule has 0 saturated heterocycles. The van der Waals surface area contributed by atoms with Crippen LogP contribution in [0.5, 0.6) is 0 Å². The highest BCUT2D eigenvalue weighted by molar-refractivity contribution is 6.75. The average Bonchev–Trinajstić information content (AvgIpc) is 3.25. The Morgan fingerprint density at radius 1 is 0.895 bits per heavy atom. The second-order valence-corrected chi connectivity index (χ2v) is 11.2. The van der Waals surface area contributed by atoms with Gasteiger partial charge in [-0.2, -0.15) is 5.26 Å². The number of rotatable bonds is 11. The van der Waals surface area contributed by atoms with Gasteiger partial charge in [-0.3, -0.25) is 4.79 Å². The molecule has 0 spiro atoms. The largest absolute Gasteiger partial charge is 0.537 e. The topological polar surface area (TPSA) is 85.5 Å². The summed E-state index contributed by atoms with van der Waals surface area (Å²) in [6, 6.07) is 23.5. The predicted octanol–water partition coefficient (Wildman–Crippen LogP) is 5.62. The molecule has 1 aromatic heterocycles. The molecule has 4 aromatic rings. The molecule has 0 unspecified atom stereocenters. The second-order valence-electron chi connectivity index (χ2n) is 8.59. The van der Waals surface area contributed by atoms with Crippen molar-refractivity contribution < 1.29 is 18.1 Å². The summed E-state index contributed by atoms with van der Waals surface area (Å²) in [6.07, 6.45) is 1.62. The van der Waals surface area contributed by atoms with Crippen LogP contribution in [0.4, 0.5) is 5.69 Å². The highest BCUT2D eigenvalue weighted by Crippen LogP contribution is 2.30. The molecule has 38 heavy (non-hydrogen) atoms. The molecule has 0 atom stereocenters. The van der Waals surface area contributed by atoms with Gasteiger partial charge in [0.1, 0.15) is 11.6 Å². The van der Waals surface area contributed by atoms with Crippen molar-refractivity contribution in [2.45, 2.75) is 34.2 Å². The zero-order valence-corrected chi connectivity index (χ0v) is 23.3. The Morgan fingerprint density at radius 2 is 1.53 bits per heavy atom. The van der Waals surface area contributed by atoms with Crippen LogP contribution in [0.2, 0.25) is 0 Å². The summed E-state index contributed by atoms with van der Waals surface area (Å²) in [7, 11) is -3.04. The Labute approximate surface area is 224 Å². The smallest absolute Gasteiger partial charge is 0.370 e. The monoisotopic (exact) mass is 527 g/mol. The Hall–Kier alpha value is -3.74. The van der Waals surface area contributed by atoms with Gasteiger partial charge < -0.3 is 23.2 Å². The van der Waals surface area contributed by atoms with Crippen LogP contribution in [-0.2, 0) is 24.6 Å². The van der Waals surface area contributed by atoms with E-state index in [1.54, 1.807) is 18.2 Å². The Bertz CT molecular complexity index is 1480. The number of aromatic nitrogens is 1. The summed E-state index contributed by atoms with van der Waals surface area (Å²) in [5, 5.41) is 15.6. The number of carbonyl (C=O) groups is 1. The lowest BCUT2D eigenvalue weighted by molar-refractivity contribution is -0.112. The third-order valence-electron chi connectivity index (χ3n) is 6.29.